The van der Waals surface area contributed by atoms with Crippen LogP contribution in [0.3, 0.4) is 0 Å². The summed E-state index contributed by atoms with van der Waals surface area (Å²) in [6, 6.07) is 9.70. The first-order chi connectivity index (χ1) is 14.5. The highest BCUT2D eigenvalue weighted by atomic mass is 35.5. The fourth-order valence-electron chi connectivity index (χ4n) is 3.53. The van der Waals surface area contributed by atoms with Crippen molar-refractivity contribution < 1.29 is 9.59 Å². The molecule has 2 aliphatic rings. The van der Waals surface area contributed by atoms with Crippen LogP contribution in [0, 0.1) is 0 Å². The molecule has 1 saturated heterocycles. The summed E-state index contributed by atoms with van der Waals surface area (Å²) in [5.41, 5.74) is 2.47. The third-order valence-electron chi connectivity index (χ3n) is 5.28. The van der Waals surface area contributed by atoms with Gasteiger partial charge >= 0.3 is 0 Å². The normalized spacial score (nSPS) is 18.0. The van der Waals surface area contributed by atoms with Crippen LogP contribution in [0.4, 0.5) is 17.3 Å². The molecule has 0 atom stereocenters. The summed E-state index contributed by atoms with van der Waals surface area (Å²) in [6.45, 7) is 0. The van der Waals surface area contributed by atoms with Crippen LogP contribution >= 0.6 is 11.6 Å². The number of carbonyl (C=O) groups is 2. The summed E-state index contributed by atoms with van der Waals surface area (Å²) in [7, 11) is 0. The van der Waals surface area contributed by atoms with Gasteiger partial charge in [0, 0.05) is 34.0 Å². The summed E-state index contributed by atoms with van der Waals surface area (Å²) in [6.07, 6.45) is 6.82. The van der Waals surface area contributed by atoms with E-state index in [0.717, 1.165) is 24.3 Å². The Balaban J connectivity index is 1.57. The third-order valence-corrected chi connectivity index (χ3v) is 5.51. The molecule has 2 amide bonds. The molecule has 3 N–H and O–H groups in total. The molecule has 3 aromatic rings. The molecule has 30 heavy (non-hydrogen) atoms. The van der Waals surface area contributed by atoms with E-state index in [-0.39, 0.29) is 18.2 Å². The molecule has 152 valence electrons. The molecule has 1 saturated carbocycles. The van der Waals surface area contributed by atoms with Crippen molar-refractivity contribution in [1.82, 2.24) is 19.9 Å². The highest BCUT2D eigenvalue weighted by Crippen LogP contribution is 2.28. The lowest BCUT2D eigenvalue weighted by atomic mass is 9.93. The first kappa shape index (κ1) is 18.6. The first-order valence-electron chi connectivity index (χ1n) is 9.78. The maximum Gasteiger partial charge on any atom is 0.254 e. The molecule has 0 spiro atoms. The van der Waals surface area contributed by atoms with Crippen molar-refractivity contribution in [2.75, 3.05) is 10.6 Å². The zero-order chi connectivity index (χ0) is 20.7. The minimum atomic E-state index is -0.375. The summed E-state index contributed by atoms with van der Waals surface area (Å²) in [4.78, 5) is 28.2. The molecule has 1 aliphatic heterocycles. The minimum absolute atomic E-state index is 0.0593. The van der Waals surface area contributed by atoms with Gasteiger partial charge in [-0.15, -0.1) is 0 Å². The zero-order valence-corrected chi connectivity index (χ0v) is 16.7. The van der Waals surface area contributed by atoms with Crippen molar-refractivity contribution in [3.05, 3.63) is 52.7 Å². The van der Waals surface area contributed by atoms with Gasteiger partial charge in [0.25, 0.3) is 5.91 Å². The van der Waals surface area contributed by atoms with E-state index >= 15 is 0 Å². The smallest absolute Gasteiger partial charge is 0.254 e. The number of aromatic nitrogens is 3. The number of fused-ring (bicyclic) bond motifs is 1. The highest BCUT2D eigenvalue weighted by molar-refractivity contribution is 6.30. The van der Waals surface area contributed by atoms with Crippen molar-refractivity contribution in [3.63, 3.8) is 0 Å². The molecule has 0 radical (unpaired) electrons. The molecule has 3 heterocycles. The molecule has 2 aromatic heterocycles. The van der Waals surface area contributed by atoms with E-state index in [9.17, 15) is 9.59 Å². The van der Waals surface area contributed by atoms with Crippen LogP contribution in [-0.2, 0) is 9.59 Å². The molecule has 5 rings (SSSR count). The monoisotopic (exact) mass is 422 g/mol. The van der Waals surface area contributed by atoms with E-state index in [1.165, 1.54) is 6.42 Å². The van der Waals surface area contributed by atoms with E-state index in [4.69, 9.17) is 16.6 Å². The molecule has 0 bridgehead atoms. The molecule has 8 nitrogen and oxygen atoms in total. The standard InChI is InChI=1S/C21H19ClN6O2/c22-14-3-1-6-16(9-14)24-17-10-18(25-15-4-2-5-15)28-20(26-17)13(11-23-28)7-12-8-19(29)27-21(12)30/h1,3,6-7,9-11,15,25H,2,4-5,8H2,(H,24,26)(H,27,29,30)/b12-7+. The van der Waals surface area contributed by atoms with Crippen LogP contribution in [0.1, 0.15) is 31.2 Å². The number of amides is 2. The molecular weight excluding hydrogens is 404 g/mol. The largest absolute Gasteiger partial charge is 0.367 e. The zero-order valence-electron chi connectivity index (χ0n) is 16.0. The molecular formula is C21H19ClN6O2. The number of nitrogens with one attached hydrogen (secondary N) is 3. The van der Waals surface area contributed by atoms with Crippen LogP contribution in [0.5, 0.6) is 0 Å². The summed E-state index contributed by atoms with van der Waals surface area (Å²) < 4.78 is 1.72. The second kappa shape index (κ2) is 7.46. The summed E-state index contributed by atoms with van der Waals surface area (Å²) in [5, 5.41) is 14.2. The quantitative estimate of drug-likeness (QED) is 0.429. The van der Waals surface area contributed by atoms with Crippen LogP contribution in [0.15, 0.2) is 42.1 Å². The fraction of sp³-hybridized carbons (Fsp3) is 0.238. The van der Waals surface area contributed by atoms with Crippen molar-refractivity contribution in [2.45, 2.75) is 31.7 Å². The molecule has 9 heteroatoms. The average Bonchev–Trinajstić information content (AvgIpc) is 3.21. The van der Waals surface area contributed by atoms with Crippen molar-refractivity contribution in [3.8, 4) is 0 Å². The highest BCUT2D eigenvalue weighted by Gasteiger charge is 2.25. The van der Waals surface area contributed by atoms with E-state index < -0.39 is 0 Å². The molecule has 1 aliphatic carbocycles. The number of hydrogen-bond donors (Lipinski definition) is 3. The topological polar surface area (TPSA) is 100 Å². The Morgan fingerprint density at radius 2 is 2.10 bits per heavy atom. The van der Waals surface area contributed by atoms with Gasteiger partial charge in [-0.2, -0.15) is 9.61 Å². The van der Waals surface area contributed by atoms with E-state index in [1.54, 1.807) is 16.8 Å². The number of hydrogen-bond acceptors (Lipinski definition) is 6. The number of anilines is 3. The van der Waals surface area contributed by atoms with Crippen molar-refractivity contribution in [2.24, 2.45) is 0 Å². The third kappa shape index (κ3) is 3.61. The van der Waals surface area contributed by atoms with Crippen LogP contribution in [0.2, 0.25) is 5.02 Å². The Morgan fingerprint density at radius 3 is 2.80 bits per heavy atom. The number of halogens is 1. The minimum Gasteiger partial charge on any atom is -0.367 e. The van der Waals surface area contributed by atoms with Gasteiger partial charge in [0.05, 0.1) is 12.6 Å². The SMILES string of the molecule is O=C1C/C(=C\c2cnn3c(NC4CCC4)cc(Nc4cccc(Cl)c4)nc23)C(=O)N1. The molecule has 1 aromatic carbocycles. The second-order valence-corrected chi connectivity index (χ2v) is 7.93. The van der Waals surface area contributed by atoms with Gasteiger partial charge in [-0.25, -0.2) is 4.98 Å². The first-order valence-corrected chi connectivity index (χ1v) is 10.2. The molecule has 2 fully saturated rings. The summed E-state index contributed by atoms with van der Waals surface area (Å²) >= 11 is 6.10. The van der Waals surface area contributed by atoms with Gasteiger partial charge in [0.1, 0.15) is 11.6 Å². The predicted octanol–water partition coefficient (Wildman–Crippen LogP) is 3.52. The number of rotatable bonds is 5. The van der Waals surface area contributed by atoms with E-state index in [1.807, 2.05) is 30.3 Å². The van der Waals surface area contributed by atoms with E-state index in [0.29, 0.717) is 33.7 Å². The maximum atomic E-state index is 12.0. The molecule has 0 unspecified atom stereocenters. The van der Waals surface area contributed by atoms with Crippen LogP contribution in [0.25, 0.3) is 11.7 Å². The lowest BCUT2D eigenvalue weighted by Gasteiger charge is -2.27. The second-order valence-electron chi connectivity index (χ2n) is 7.49. The number of benzene rings is 1. The Hall–Kier alpha value is -3.39. The van der Waals surface area contributed by atoms with Gasteiger partial charge in [-0.05, 0) is 43.5 Å². The average molecular weight is 423 g/mol. The lowest BCUT2D eigenvalue weighted by molar-refractivity contribution is -0.124. The Kier molecular flexibility index (Phi) is 4.63. The van der Waals surface area contributed by atoms with Crippen molar-refractivity contribution >= 4 is 52.5 Å². The van der Waals surface area contributed by atoms with Gasteiger partial charge in [-0.1, -0.05) is 17.7 Å². The van der Waals surface area contributed by atoms with E-state index in [2.05, 4.69) is 21.0 Å². The number of carbonyl (C=O) groups excluding carboxylic acids is 2. The van der Waals surface area contributed by atoms with Gasteiger partial charge in [-0.3, -0.25) is 14.9 Å². The van der Waals surface area contributed by atoms with Gasteiger partial charge in [0.2, 0.25) is 5.91 Å². The Morgan fingerprint density at radius 1 is 1.23 bits per heavy atom. The fourth-order valence-corrected chi connectivity index (χ4v) is 3.72. The Bertz CT molecular complexity index is 1200. The predicted molar refractivity (Wildman–Crippen MR) is 115 cm³/mol. The summed E-state index contributed by atoms with van der Waals surface area (Å²) in [5.74, 6) is 0.760. The number of nitrogens with zero attached hydrogens (tertiary/aromatic N) is 3. The van der Waals surface area contributed by atoms with Crippen LogP contribution < -0.4 is 16.0 Å². The number of imide groups is 1. The Labute approximate surface area is 177 Å². The van der Waals surface area contributed by atoms with Gasteiger partial charge < -0.3 is 10.6 Å². The maximum absolute atomic E-state index is 12.0. The lowest BCUT2D eigenvalue weighted by Crippen LogP contribution is -2.28. The van der Waals surface area contributed by atoms with Crippen LogP contribution in [-0.4, -0.2) is 32.5 Å². The van der Waals surface area contributed by atoms with Crippen molar-refractivity contribution in [1.29, 1.82) is 0 Å². The van der Waals surface area contributed by atoms with Gasteiger partial charge in [0.15, 0.2) is 5.65 Å².